The summed E-state index contributed by atoms with van der Waals surface area (Å²) in [6.45, 7) is 10.0. The van der Waals surface area contributed by atoms with Crippen molar-refractivity contribution >= 4 is 11.7 Å². The number of aryl methyl sites for hydroxylation is 3. The molecule has 6 heteroatoms. The van der Waals surface area contributed by atoms with Gasteiger partial charge in [0.05, 0.1) is 11.7 Å². The summed E-state index contributed by atoms with van der Waals surface area (Å²) in [4.78, 5) is 18.4. The van der Waals surface area contributed by atoms with E-state index in [0.717, 1.165) is 42.4 Å². The normalized spacial score (nSPS) is 19.1. The van der Waals surface area contributed by atoms with Gasteiger partial charge in [-0.1, -0.05) is 0 Å². The molecule has 1 N–H and O–H groups in total. The maximum absolute atomic E-state index is 11.3. The number of anilines is 1. The molecular formula is C21H31N5O. The fourth-order valence-corrected chi connectivity index (χ4v) is 4.17. The second-order valence-electron chi connectivity index (χ2n) is 7.90. The lowest BCUT2D eigenvalue weighted by molar-refractivity contribution is -0.114. The number of rotatable bonds is 5. The number of nitrogens with zero attached hydrogens (tertiary/aromatic N) is 4. The van der Waals surface area contributed by atoms with Gasteiger partial charge < -0.3 is 5.32 Å². The highest BCUT2D eigenvalue weighted by Crippen LogP contribution is 2.29. The molecule has 1 aliphatic heterocycles. The molecule has 0 unspecified atom stereocenters. The van der Waals surface area contributed by atoms with E-state index >= 15 is 0 Å². The van der Waals surface area contributed by atoms with Crippen LogP contribution in [0.2, 0.25) is 0 Å². The van der Waals surface area contributed by atoms with Crippen LogP contribution in [0.1, 0.15) is 55.4 Å². The number of carbonyl (C=O) groups excluding carboxylic acids is 1. The number of pyridine rings is 1. The van der Waals surface area contributed by atoms with Crippen LogP contribution in [0, 0.1) is 19.8 Å². The number of nitrogens with one attached hydrogen (secondary N) is 1. The Morgan fingerprint density at radius 3 is 2.67 bits per heavy atom. The summed E-state index contributed by atoms with van der Waals surface area (Å²) in [6.07, 6.45) is 3.58. The van der Waals surface area contributed by atoms with Crippen molar-refractivity contribution in [1.82, 2.24) is 19.7 Å². The third-order valence-corrected chi connectivity index (χ3v) is 5.39. The molecule has 1 amide bonds. The van der Waals surface area contributed by atoms with Gasteiger partial charge in [0.1, 0.15) is 5.82 Å². The monoisotopic (exact) mass is 369 g/mol. The van der Waals surface area contributed by atoms with Gasteiger partial charge in [-0.3, -0.25) is 19.4 Å². The van der Waals surface area contributed by atoms with E-state index in [9.17, 15) is 4.79 Å². The minimum absolute atomic E-state index is 0.0711. The summed E-state index contributed by atoms with van der Waals surface area (Å²) in [5.74, 6) is 1.33. The van der Waals surface area contributed by atoms with Gasteiger partial charge in [-0.25, -0.2) is 0 Å². The van der Waals surface area contributed by atoms with Gasteiger partial charge in [0.15, 0.2) is 0 Å². The van der Waals surface area contributed by atoms with E-state index < -0.39 is 0 Å². The number of piperidine rings is 1. The zero-order chi connectivity index (χ0) is 19.6. The van der Waals surface area contributed by atoms with E-state index in [4.69, 9.17) is 0 Å². The zero-order valence-electron chi connectivity index (χ0n) is 17.1. The molecule has 0 spiro atoms. The number of aromatic nitrogens is 3. The Bertz CT molecular complexity index is 793. The molecule has 0 saturated carbocycles. The Labute approximate surface area is 162 Å². The molecular weight excluding hydrogens is 338 g/mol. The predicted octanol–water partition coefficient (Wildman–Crippen LogP) is 3.41. The molecule has 1 aliphatic rings. The van der Waals surface area contributed by atoms with E-state index in [-0.39, 0.29) is 11.9 Å². The molecule has 0 aromatic carbocycles. The average Bonchev–Trinajstić information content (AvgIpc) is 2.93. The quantitative estimate of drug-likeness (QED) is 0.877. The maximum atomic E-state index is 11.3. The summed E-state index contributed by atoms with van der Waals surface area (Å²) >= 11 is 0. The van der Waals surface area contributed by atoms with Crippen LogP contribution in [0.25, 0.3) is 0 Å². The minimum Gasteiger partial charge on any atom is -0.311 e. The standard InChI is InChI=1S/C21H31N5O/c1-14-9-19(10-15(2)22-14)11-18-7-6-8-26(13-18)16(3)20-12-21(23-17(4)27)25(5)24-20/h9-10,12,16,18H,6-8,11,13H2,1-5H3,(H,23,27)/t16-,18+/m0/s1. The van der Waals surface area contributed by atoms with Crippen molar-refractivity contribution in [2.75, 3.05) is 18.4 Å². The van der Waals surface area contributed by atoms with Crippen molar-refractivity contribution in [3.63, 3.8) is 0 Å². The molecule has 3 rings (SSSR count). The molecule has 3 heterocycles. The van der Waals surface area contributed by atoms with Crippen LogP contribution in [0.4, 0.5) is 5.82 Å². The zero-order valence-corrected chi connectivity index (χ0v) is 17.1. The Balaban J connectivity index is 1.67. The van der Waals surface area contributed by atoms with Crippen molar-refractivity contribution in [3.8, 4) is 0 Å². The minimum atomic E-state index is -0.0711. The Kier molecular flexibility index (Phi) is 5.95. The first-order valence-corrected chi connectivity index (χ1v) is 9.81. The van der Waals surface area contributed by atoms with E-state index in [1.807, 2.05) is 13.1 Å². The molecule has 1 saturated heterocycles. The summed E-state index contributed by atoms with van der Waals surface area (Å²) < 4.78 is 1.75. The van der Waals surface area contributed by atoms with E-state index in [2.05, 4.69) is 53.2 Å². The molecule has 1 fully saturated rings. The molecule has 27 heavy (non-hydrogen) atoms. The lowest BCUT2D eigenvalue weighted by Crippen LogP contribution is -2.38. The van der Waals surface area contributed by atoms with Crippen LogP contribution >= 0.6 is 0 Å². The number of hydrogen-bond acceptors (Lipinski definition) is 4. The molecule has 6 nitrogen and oxygen atoms in total. The number of likely N-dealkylation sites (tertiary alicyclic amines) is 1. The summed E-state index contributed by atoms with van der Waals surface area (Å²) in [6, 6.07) is 6.66. The van der Waals surface area contributed by atoms with Gasteiger partial charge in [-0.15, -0.1) is 0 Å². The lowest BCUT2D eigenvalue weighted by atomic mass is 9.90. The van der Waals surface area contributed by atoms with Crippen LogP contribution in [0.5, 0.6) is 0 Å². The molecule has 0 aliphatic carbocycles. The molecule has 2 atom stereocenters. The van der Waals surface area contributed by atoms with Gasteiger partial charge >= 0.3 is 0 Å². The van der Waals surface area contributed by atoms with Crippen LogP contribution in [-0.2, 0) is 18.3 Å². The third kappa shape index (κ3) is 4.95. The van der Waals surface area contributed by atoms with Crippen LogP contribution in [0.15, 0.2) is 18.2 Å². The Morgan fingerprint density at radius 2 is 2.00 bits per heavy atom. The molecule has 2 aromatic rings. The van der Waals surface area contributed by atoms with Crippen LogP contribution in [0.3, 0.4) is 0 Å². The lowest BCUT2D eigenvalue weighted by Gasteiger charge is -2.36. The third-order valence-electron chi connectivity index (χ3n) is 5.39. The Morgan fingerprint density at radius 1 is 1.30 bits per heavy atom. The van der Waals surface area contributed by atoms with Gasteiger partial charge in [-0.2, -0.15) is 5.10 Å². The fourth-order valence-electron chi connectivity index (χ4n) is 4.17. The number of carbonyl (C=O) groups is 1. The van der Waals surface area contributed by atoms with Gasteiger partial charge in [0, 0.05) is 38.0 Å². The fraction of sp³-hybridized carbons (Fsp3) is 0.571. The highest BCUT2D eigenvalue weighted by atomic mass is 16.1. The van der Waals surface area contributed by atoms with E-state index in [1.165, 1.54) is 25.3 Å². The van der Waals surface area contributed by atoms with Gasteiger partial charge in [0.25, 0.3) is 0 Å². The average molecular weight is 370 g/mol. The molecule has 2 aromatic heterocycles. The van der Waals surface area contributed by atoms with Crippen molar-refractivity contribution < 1.29 is 4.79 Å². The van der Waals surface area contributed by atoms with Crippen molar-refractivity contribution in [2.45, 2.75) is 53.0 Å². The van der Waals surface area contributed by atoms with Crippen LogP contribution in [-0.4, -0.2) is 38.7 Å². The first-order valence-electron chi connectivity index (χ1n) is 9.81. The van der Waals surface area contributed by atoms with E-state index in [1.54, 1.807) is 4.68 Å². The Hall–Kier alpha value is -2.21. The van der Waals surface area contributed by atoms with Crippen molar-refractivity contribution in [1.29, 1.82) is 0 Å². The number of amides is 1. The van der Waals surface area contributed by atoms with Gasteiger partial charge in [0.2, 0.25) is 5.91 Å². The second kappa shape index (κ2) is 8.21. The smallest absolute Gasteiger partial charge is 0.222 e. The van der Waals surface area contributed by atoms with E-state index in [0.29, 0.717) is 5.92 Å². The van der Waals surface area contributed by atoms with Crippen molar-refractivity contribution in [2.24, 2.45) is 13.0 Å². The molecule has 0 radical (unpaired) electrons. The maximum Gasteiger partial charge on any atom is 0.222 e. The van der Waals surface area contributed by atoms with Crippen molar-refractivity contribution in [3.05, 3.63) is 40.8 Å². The first-order chi connectivity index (χ1) is 12.8. The summed E-state index contributed by atoms with van der Waals surface area (Å²) in [7, 11) is 1.87. The SMILES string of the molecule is CC(=O)Nc1cc([C@H](C)N2CCC[C@H](Cc3cc(C)nc(C)c3)C2)nn1C. The number of hydrogen-bond donors (Lipinski definition) is 1. The summed E-state index contributed by atoms with van der Waals surface area (Å²) in [5, 5.41) is 7.46. The van der Waals surface area contributed by atoms with Gasteiger partial charge in [-0.05, 0) is 70.2 Å². The largest absolute Gasteiger partial charge is 0.311 e. The first kappa shape index (κ1) is 19.5. The topological polar surface area (TPSA) is 63.1 Å². The van der Waals surface area contributed by atoms with Crippen LogP contribution < -0.4 is 5.32 Å². The predicted molar refractivity (Wildman–Crippen MR) is 108 cm³/mol. The second-order valence-corrected chi connectivity index (χ2v) is 7.90. The molecule has 146 valence electrons. The highest BCUT2D eigenvalue weighted by molar-refractivity contribution is 5.87. The summed E-state index contributed by atoms with van der Waals surface area (Å²) in [5.41, 5.74) is 4.61. The molecule has 0 bridgehead atoms. The highest BCUT2D eigenvalue weighted by Gasteiger charge is 2.26.